The number of carbonyl (C=O) groups is 1. The zero-order valence-electron chi connectivity index (χ0n) is 14.4. The zero-order chi connectivity index (χ0) is 19.7. The fraction of sp³-hybridized carbons (Fsp3) is 0.0500. The van der Waals surface area contributed by atoms with E-state index in [1.165, 1.54) is 11.3 Å². The Kier molecular flexibility index (Phi) is 4.70. The van der Waals surface area contributed by atoms with Crippen LogP contribution in [-0.4, -0.2) is 15.9 Å². The molecule has 0 aliphatic rings. The number of amides is 1. The molecule has 0 aliphatic heterocycles. The van der Waals surface area contributed by atoms with E-state index >= 15 is 0 Å². The second kappa shape index (κ2) is 7.32. The van der Waals surface area contributed by atoms with Gasteiger partial charge in [0.1, 0.15) is 33.3 Å². The van der Waals surface area contributed by atoms with Crippen LogP contribution in [0.4, 0.5) is 8.78 Å². The third-order valence-electron chi connectivity index (χ3n) is 4.02. The Balaban J connectivity index is 1.58. The topological polar surface area (TPSA) is 78.1 Å². The van der Waals surface area contributed by atoms with Crippen LogP contribution in [0.2, 0.25) is 0 Å². The number of halogens is 2. The first-order chi connectivity index (χ1) is 13.5. The summed E-state index contributed by atoms with van der Waals surface area (Å²) in [5, 5.41) is 0.567. The van der Waals surface area contributed by atoms with Gasteiger partial charge < -0.3 is 10.5 Å². The third-order valence-corrected chi connectivity index (χ3v) is 4.96. The second-order valence-corrected chi connectivity index (χ2v) is 6.94. The van der Waals surface area contributed by atoms with Gasteiger partial charge >= 0.3 is 0 Å². The summed E-state index contributed by atoms with van der Waals surface area (Å²) in [5.74, 6) is -3.63. The van der Waals surface area contributed by atoms with Gasteiger partial charge in [-0.05, 0) is 24.3 Å². The van der Waals surface area contributed by atoms with E-state index in [0.717, 1.165) is 28.2 Å². The molecule has 2 aromatic carbocycles. The molecule has 1 amide bonds. The van der Waals surface area contributed by atoms with Crippen LogP contribution in [-0.2, 0) is 6.61 Å². The van der Waals surface area contributed by atoms with Gasteiger partial charge in [-0.2, -0.15) is 0 Å². The van der Waals surface area contributed by atoms with Crippen LogP contribution >= 0.6 is 11.3 Å². The minimum Gasteiger partial charge on any atom is -0.483 e. The molecule has 0 spiro atoms. The second-order valence-electron chi connectivity index (χ2n) is 5.88. The van der Waals surface area contributed by atoms with Gasteiger partial charge in [0.25, 0.3) is 5.91 Å². The molecular weight excluding hydrogens is 384 g/mol. The number of aromatic nitrogens is 2. The lowest BCUT2D eigenvalue weighted by Gasteiger charge is -2.08. The number of thiazole rings is 1. The van der Waals surface area contributed by atoms with Crippen LogP contribution < -0.4 is 10.5 Å². The van der Waals surface area contributed by atoms with Crippen LogP contribution in [0.5, 0.6) is 5.75 Å². The molecule has 0 saturated heterocycles. The molecule has 0 atom stereocenters. The highest BCUT2D eigenvalue weighted by molar-refractivity contribution is 7.18. The summed E-state index contributed by atoms with van der Waals surface area (Å²) in [5.41, 5.74) is 6.69. The van der Waals surface area contributed by atoms with Crippen LogP contribution in [0, 0.1) is 11.6 Å². The number of hydrogen-bond acceptors (Lipinski definition) is 5. The van der Waals surface area contributed by atoms with Gasteiger partial charge in [-0.3, -0.25) is 4.79 Å². The lowest BCUT2D eigenvalue weighted by Crippen LogP contribution is -2.16. The largest absolute Gasteiger partial charge is 0.483 e. The predicted octanol–water partition coefficient (Wildman–Crippen LogP) is 4.31. The molecule has 0 aliphatic carbocycles. The van der Waals surface area contributed by atoms with Crippen molar-refractivity contribution in [2.24, 2.45) is 5.73 Å². The Morgan fingerprint density at radius 1 is 1.04 bits per heavy atom. The highest BCUT2D eigenvalue weighted by Gasteiger charge is 2.19. The molecular formula is C20H13F2N3O2S. The monoisotopic (exact) mass is 397 g/mol. The van der Waals surface area contributed by atoms with E-state index in [4.69, 9.17) is 10.5 Å². The van der Waals surface area contributed by atoms with Gasteiger partial charge in [0.15, 0.2) is 11.6 Å². The van der Waals surface area contributed by atoms with Crippen LogP contribution in [0.1, 0.15) is 15.4 Å². The summed E-state index contributed by atoms with van der Waals surface area (Å²) in [6.07, 6.45) is 0. The fourth-order valence-corrected chi connectivity index (χ4v) is 3.55. The van der Waals surface area contributed by atoms with E-state index in [9.17, 15) is 13.6 Å². The van der Waals surface area contributed by atoms with Crippen LogP contribution in [0.3, 0.4) is 0 Å². The number of benzene rings is 2. The minimum absolute atomic E-state index is 0.0531. The van der Waals surface area contributed by atoms with Crippen molar-refractivity contribution >= 4 is 27.6 Å². The summed E-state index contributed by atoms with van der Waals surface area (Å²) >= 11 is 1.31. The quantitative estimate of drug-likeness (QED) is 0.544. The summed E-state index contributed by atoms with van der Waals surface area (Å²) < 4.78 is 33.2. The molecule has 4 aromatic rings. The van der Waals surface area contributed by atoms with E-state index < -0.39 is 23.1 Å². The zero-order valence-corrected chi connectivity index (χ0v) is 15.2. The van der Waals surface area contributed by atoms with Gasteiger partial charge in [-0.15, -0.1) is 0 Å². The summed E-state index contributed by atoms with van der Waals surface area (Å²) in [6.45, 7) is -0.0531. The first kappa shape index (κ1) is 18.0. The third kappa shape index (κ3) is 3.41. The smallest absolute Gasteiger partial charge is 0.254 e. The maximum atomic E-state index is 14.2. The van der Waals surface area contributed by atoms with Crippen molar-refractivity contribution in [3.63, 3.8) is 0 Å². The Hall–Kier alpha value is -3.39. The lowest BCUT2D eigenvalue weighted by molar-refractivity contribution is 0.0991. The number of pyridine rings is 1. The van der Waals surface area contributed by atoms with Crippen molar-refractivity contribution < 1.29 is 18.3 Å². The van der Waals surface area contributed by atoms with Crippen LogP contribution in [0.15, 0.2) is 54.6 Å². The Labute approximate surface area is 162 Å². The van der Waals surface area contributed by atoms with Crippen molar-refractivity contribution in [2.45, 2.75) is 6.61 Å². The number of nitrogens with two attached hydrogens (primary N) is 1. The maximum absolute atomic E-state index is 14.2. The molecule has 0 fully saturated rings. The first-order valence-corrected chi connectivity index (χ1v) is 9.07. The molecule has 0 radical (unpaired) electrons. The predicted molar refractivity (Wildman–Crippen MR) is 102 cm³/mol. The molecule has 28 heavy (non-hydrogen) atoms. The molecule has 0 unspecified atom stereocenters. The van der Waals surface area contributed by atoms with E-state index in [-0.39, 0.29) is 12.4 Å². The van der Waals surface area contributed by atoms with Gasteiger partial charge in [-0.25, -0.2) is 18.7 Å². The van der Waals surface area contributed by atoms with Gasteiger partial charge in [-0.1, -0.05) is 41.7 Å². The maximum Gasteiger partial charge on any atom is 0.254 e. The molecule has 8 heteroatoms. The van der Waals surface area contributed by atoms with Crippen molar-refractivity contribution in [2.75, 3.05) is 0 Å². The summed E-state index contributed by atoms with van der Waals surface area (Å²) in [4.78, 5) is 20.9. The van der Waals surface area contributed by atoms with Crippen molar-refractivity contribution in [1.29, 1.82) is 0 Å². The van der Waals surface area contributed by atoms with Gasteiger partial charge in [0.2, 0.25) is 0 Å². The van der Waals surface area contributed by atoms with Crippen LogP contribution in [0.25, 0.3) is 21.6 Å². The number of carbonyl (C=O) groups excluding carboxylic acids is 1. The van der Waals surface area contributed by atoms with E-state index in [1.54, 1.807) is 0 Å². The van der Waals surface area contributed by atoms with Crippen molar-refractivity contribution in [1.82, 2.24) is 9.97 Å². The highest BCUT2D eigenvalue weighted by atomic mass is 32.1. The van der Waals surface area contributed by atoms with Gasteiger partial charge in [0, 0.05) is 5.56 Å². The Bertz CT molecular complexity index is 1180. The number of nitrogens with zero attached hydrogens (tertiary/aromatic N) is 2. The normalized spacial score (nSPS) is 10.9. The minimum atomic E-state index is -1.20. The van der Waals surface area contributed by atoms with Gasteiger partial charge in [0.05, 0.1) is 5.69 Å². The van der Waals surface area contributed by atoms with Crippen molar-refractivity contribution in [3.8, 4) is 17.0 Å². The summed E-state index contributed by atoms with van der Waals surface area (Å²) in [7, 11) is 0. The summed E-state index contributed by atoms with van der Waals surface area (Å²) in [6, 6.07) is 15.5. The highest BCUT2D eigenvalue weighted by Crippen LogP contribution is 2.27. The SMILES string of the molecule is NC(=O)c1c(F)ccc(OCc2nc3ccc(-c4ccccc4)nc3s2)c1F. The Morgan fingerprint density at radius 2 is 1.82 bits per heavy atom. The number of rotatable bonds is 5. The molecule has 2 heterocycles. The number of fused-ring (bicyclic) bond motifs is 1. The van der Waals surface area contributed by atoms with E-state index in [1.807, 2.05) is 42.5 Å². The first-order valence-electron chi connectivity index (χ1n) is 8.25. The lowest BCUT2D eigenvalue weighted by atomic mass is 10.1. The molecule has 140 valence electrons. The van der Waals surface area contributed by atoms with E-state index in [0.29, 0.717) is 10.5 Å². The molecule has 0 saturated carbocycles. The molecule has 5 nitrogen and oxygen atoms in total. The number of hydrogen-bond donors (Lipinski definition) is 1. The number of primary amides is 1. The molecule has 0 bridgehead atoms. The number of ether oxygens (including phenoxy) is 1. The average Bonchev–Trinajstić information content (AvgIpc) is 3.10. The molecule has 2 N–H and O–H groups in total. The fourth-order valence-electron chi connectivity index (χ4n) is 2.70. The average molecular weight is 397 g/mol. The molecule has 4 rings (SSSR count). The Morgan fingerprint density at radius 3 is 2.57 bits per heavy atom. The standard InChI is InChI=1S/C20H13F2N3O2S/c21-12-6-9-15(18(22)17(12)19(23)26)27-10-16-24-14-8-7-13(25-20(14)28-16)11-4-2-1-3-5-11/h1-9H,10H2,(H2,23,26). The van der Waals surface area contributed by atoms with E-state index in [2.05, 4.69) is 9.97 Å². The molecule has 2 aromatic heterocycles. The van der Waals surface area contributed by atoms with Crippen molar-refractivity contribution in [3.05, 3.63) is 76.8 Å².